The summed E-state index contributed by atoms with van der Waals surface area (Å²) in [7, 11) is -3.30. The number of halogens is 1. The third-order valence-electron chi connectivity index (χ3n) is 3.00. The zero-order chi connectivity index (χ0) is 14.8. The van der Waals surface area contributed by atoms with Gasteiger partial charge >= 0.3 is 0 Å². The minimum absolute atomic E-state index is 0.0189. The maximum absolute atomic E-state index is 12.2. The van der Waals surface area contributed by atoms with Gasteiger partial charge in [0, 0.05) is 23.6 Å². The van der Waals surface area contributed by atoms with Crippen molar-refractivity contribution in [2.45, 2.75) is 13.3 Å². The Bertz CT molecular complexity index is 661. The Labute approximate surface area is 124 Å². The van der Waals surface area contributed by atoms with Crippen molar-refractivity contribution in [1.82, 2.24) is 0 Å². The largest absolute Gasteiger partial charge is 0.395 e. The molecule has 108 valence electrons. The van der Waals surface area contributed by atoms with E-state index >= 15 is 0 Å². The molecule has 0 saturated carbocycles. The van der Waals surface area contributed by atoms with E-state index in [1.54, 1.807) is 18.2 Å². The average Bonchev–Trinajstić information content (AvgIpc) is 2.64. The van der Waals surface area contributed by atoms with Crippen molar-refractivity contribution in [3.8, 4) is 11.8 Å². The van der Waals surface area contributed by atoms with Crippen LogP contribution in [0.1, 0.15) is 18.9 Å². The molecule has 0 radical (unpaired) electrons. The van der Waals surface area contributed by atoms with Gasteiger partial charge in [-0.25, -0.2) is 8.42 Å². The molecule has 1 aliphatic heterocycles. The van der Waals surface area contributed by atoms with Crippen LogP contribution in [0, 0.1) is 17.8 Å². The number of nitrogens with zero attached hydrogens (tertiary/aromatic N) is 1. The van der Waals surface area contributed by atoms with E-state index in [0.717, 1.165) is 0 Å². The first-order chi connectivity index (χ1) is 9.44. The number of hydrogen-bond donors (Lipinski definition) is 1. The number of aliphatic hydroxyl groups excluding tert-OH is 1. The Kier molecular flexibility index (Phi) is 4.59. The van der Waals surface area contributed by atoms with E-state index in [-0.39, 0.29) is 18.3 Å². The second-order valence-electron chi connectivity index (χ2n) is 4.85. The number of anilines is 1. The van der Waals surface area contributed by atoms with Gasteiger partial charge in [-0.05, 0) is 24.1 Å². The highest BCUT2D eigenvalue weighted by Crippen LogP contribution is 2.31. The fourth-order valence-corrected chi connectivity index (χ4v) is 4.28. The quantitative estimate of drug-likeness (QED) is 0.848. The van der Waals surface area contributed by atoms with Gasteiger partial charge in [-0.2, -0.15) is 0 Å². The van der Waals surface area contributed by atoms with Gasteiger partial charge in [-0.15, -0.1) is 0 Å². The van der Waals surface area contributed by atoms with Gasteiger partial charge in [0.2, 0.25) is 10.0 Å². The van der Waals surface area contributed by atoms with E-state index in [1.165, 1.54) is 4.31 Å². The number of aliphatic hydroxyl groups is 1. The molecule has 0 aromatic heterocycles. The fraction of sp³-hybridized carbons (Fsp3) is 0.429. The summed E-state index contributed by atoms with van der Waals surface area (Å²) in [4.78, 5) is 0. The molecule has 6 heteroatoms. The monoisotopic (exact) mass is 313 g/mol. The summed E-state index contributed by atoms with van der Waals surface area (Å²) in [6, 6.07) is 5.01. The Hall–Kier alpha value is -1.22. The van der Waals surface area contributed by atoms with E-state index < -0.39 is 10.0 Å². The van der Waals surface area contributed by atoms with E-state index in [4.69, 9.17) is 16.7 Å². The highest BCUT2D eigenvalue weighted by molar-refractivity contribution is 7.93. The fourth-order valence-electron chi connectivity index (χ4n) is 2.18. The summed E-state index contributed by atoms with van der Waals surface area (Å²) in [5, 5.41) is 9.23. The molecule has 1 aromatic rings. The van der Waals surface area contributed by atoms with Gasteiger partial charge in [0.05, 0.1) is 18.0 Å². The summed E-state index contributed by atoms with van der Waals surface area (Å²) < 4.78 is 25.7. The van der Waals surface area contributed by atoms with Gasteiger partial charge in [0.25, 0.3) is 0 Å². The summed E-state index contributed by atoms with van der Waals surface area (Å²) >= 11 is 5.98. The van der Waals surface area contributed by atoms with E-state index in [9.17, 15) is 8.42 Å². The van der Waals surface area contributed by atoms with Crippen molar-refractivity contribution in [3.05, 3.63) is 28.8 Å². The topological polar surface area (TPSA) is 57.6 Å². The maximum Gasteiger partial charge on any atom is 0.235 e. The molecule has 2 rings (SSSR count). The highest BCUT2D eigenvalue weighted by atomic mass is 35.5. The number of benzene rings is 1. The number of hydrogen-bond acceptors (Lipinski definition) is 3. The lowest BCUT2D eigenvalue weighted by Gasteiger charge is -2.19. The molecule has 0 bridgehead atoms. The van der Waals surface area contributed by atoms with Gasteiger partial charge in [-0.1, -0.05) is 30.4 Å². The molecule has 20 heavy (non-hydrogen) atoms. The van der Waals surface area contributed by atoms with Crippen molar-refractivity contribution in [2.24, 2.45) is 5.92 Å². The Balaban J connectivity index is 2.45. The third kappa shape index (κ3) is 3.26. The summed E-state index contributed by atoms with van der Waals surface area (Å²) in [6.07, 6.45) is 0.352. The van der Waals surface area contributed by atoms with Gasteiger partial charge in [0.1, 0.15) is 0 Å². The molecule has 1 N–H and O–H groups in total. The first-order valence-corrected chi connectivity index (χ1v) is 8.32. The molecule has 1 aliphatic rings. The normalized spacial score (nSPS) is 20.6. The van der Waals surface area contributed by atoms with Crippen LogP contribution in [0.4, 0.5) is 5.69 Å². The van der Waals surface area contributed by atoms with Crippen LogP contribution in [-0.2, 0) is 10.0 Å². The first-order valence-electron chi connectivity index (χ1n) is 6.34. The lowest BCUT2D eigenvalue weighted by molar-refractivity contribution is 0.305. The van der Waals surface area contributed by atoms with Crippen molar-refractivity contribution in [3.63, 3.8) is 0 Å². The third-order valence-corrected chi connectivity index (χ3v) is 5.24. The van der Waals surface area contributed by atoms with Crippen LogP contribution in [0.15, 0.2) is 18.2 Å². The molecular formula is C14H16ClNO3S. The van der Waals surface area contributed by atoms with Crippen molar-refractivity contribution >= 4 is 27.3 Å². The predicted molar refractivity (Wildman–Crippen MR) is 80.3 cm³/mol. The molecule has 1 atom stereocenters. The highest BCUT2D eigenvalue weighted by Gasteiger charge is 2.34. The number of sulfonamides is 1. The summed E-state index contributed by atoms with van der Waals surface area (Å²) in [5.74, 6) is 5.93. The molecule has 1 heterocycles. The molecular weight excluding hydrogens is 298 g/mol. The van der Waals surface area contributed by atoms with Crippen LogP contribution in [0.3, 0.4) is 0 Å². The van der Waals surface area contributed by atoms with Crippen molar-refractivity contribution in [2.75, 3.05) is 23.2 Å². The Morgan fingerprint density at radius 3 is 2.85 bits per heavy atom. The maximum atomic E-state index is 12.2. The molecule has 0 aliphatic carbocycles. The minimum Gasteiger partial charge on any atom is -0.395 e. The Morgan fingerprint density at radius 1 is 1.50 bits per heavy atom. The minimum atomic E-state index is -3.30. The zero-order valence-corrected chi connectivity index (χ0v) is 12.7. The van der Waals surface area contributed by atoms with E-state index in [2.05, 4.69) is 11.8 Å². The SMILES string of the molecule is CC1CN(c2cc(Cl)ccc2C#CCCO)S(=O)(=O)C1. The van der Waals surface area contributed by atoms with Crippen LogP contribution < -0.4 is 4.31 Å². The van der Waals surface area contributed by atoms with Gasteiger partial charge < -0.3 is 5.11 Å². The molecule has 1 unspecified atom stereocenters. The van der Waals surface area contributed by atoms with Crippen molar-refractivity contribution < 1.29 is 13.5 Å². The second-order valence-corrected chi connectivity index (χ2v) is 7.23. The lowest BCUT2D eigenvalue weighted by Crippen LogP contribution is -2.26. The lowest BCUT2D eigenvalue weighted by atomic mass is 10.1. The summed E-state index contributed by atoms with van der Waals surface area (Å²) in [6.45, 7) is 2.32. The van der Waals surface area contributed by atoms with Gasteiger partial charge in [0.15, 0.2) is 0 Å². The van der Waals surface area contributed by atoms with E-state index in [1.807, 2.05) is 6.92 Å². The van der Waals surface area contributed by atoms with Gasteiger partial charge in [-0.3, -0.25) is 4.31 Å². The first kappa shape index (κ1) is 15.2. The average molecular weight is 314 g/mol. The van der Waals surface area contributed by atoms with Crippen LogP contribution in [0.25, 0.3) is 0 Å². The van der Waals surface area contributed by atoms with Crippen LogP contribution in [0.2, 0.25) is 5.02 Å². The number of rotatable bonds is 2. The summed E-state index contributed by atoms with van der Waals surface area (Å²) in [5.41, 5.74) is 1.13. The van der Waals surface area contributed by atoms with E-state index in [0.29, 0.717) is 29.2 Å². The second kappa shape index (κ2) is 6.04. The molecule has 0 spiro atoms. The molecule has 0 amide bonds. The molecule has 1 aromatic carbocycles. The predicted octanol–water partition coefficient (Wildman–Crippen LogP) is 1.86. The van der Waals surface area contributed by atoms with Crippen LogP contribution in [-0.4, -0.2) is 32.4 Å². The molecule has 4 nitrogen and oxygen atoms in total. The van der Waals surface area contributed by atoms with Crippen LogP contribution >= 0.6 is 11.6 Å². The smallest absolute Gasteiger partial charge is 0.235 e. The zero-order valence-electron chi connectivity index (χ0n) is 11.1. The Morgan fingerprint density at radius 2 is 2.25 bits per heavy atom. The standard InChI is InChI=1S/C14H16ClNO3S/c1-11-9-16(20(18,19)10-11)14-8-13(15)6-5-12(14)4-2-3-7-17/h5-6,8,11,17H,3,7,9-10H2,1H3. The van der Waals surface area contributed by atoms with Crippen LogP contribution in [0.5, 0.6) is 0 Å². The molecule has 1 saturated heterocycles. The molecule has 1 fully saturated rings. The van der Waals surface area contributed by atoms with Crippen molar-refractivity contribution in [1.29, 1.82) is 0 Å².